The number of fused-ring (bicyclic) bond motifs is 4. The van der Waals surface area contributed by atoms with Crippen LogP contribution in [0.2, 0.25) is 0 Å². The molecular formula is C52H35NO. The smallest absolute Gasteiger partial charge is 0.143 e. The monoisotopic (exact) mass is 689 g/mol. The molecule has 0 aliphatic heterocycles. The molecular weight excluding hydrogens is 655 g/mol. The molecule has 10 aromatic rings. The van der Waals surface area contributed by atoms with Gasteiger partial charge in [-0.25, -0.2) is 0 Å². The number of benzene rings is 9. The molecule has 0 spiro atoms. The number of hydrogen-bond acceptors (Lipinski definition) is 2. The summed E-state index contributed by atoms with van der Waals surface area (Å²) >= 11 is 0. The van der Waals surface area contributed by atoms with Gasteiger partial charge in [0.15, 0.2) is 0 Å². The second-order valence-corrected chi connectivity index (χ2v) is 13.8. The van der Waals surface area contributed by atoms with E-state index in [-0.39, 0.29) is 0 Å². The van der Waals surface area contributed by atoms with E-state index in [1.54, 1.807) is 0 Å². The molecule has 1 heterocycles. The Bertz CT molecular complexity index is 2920. The number of hydrogen-bond donors (Lipinski definition) is 0. The van der Waals surface area contributed by atoms with Crippen molar-refractivity contribution in [1.29, 1.82) is 0 Å². The summed E-state index contributed by atoms with van der Waals surface area (Å²) in [5, 5.41) is 4.73. The largest absolute Gasteiger partial charge is 0.455 e. The van der Waals surface area contributed by atoms with Crippen molar-refractivity contribution in [3.05, 3.63) is 212 Å². The van der Waals surface area contributed by atoms with Crippen LogP contribution in [0.3, 0.4) is 0 Å². The zero-order valence-corrected chi connectivity index (χ0v) is 29.6. The lowest BCUT2D eigenvalue weighted by Gasteiger charge is -2.27. The Labute approximate surface area is 314 Å². The van der Waals surface area contributed by atoms with E-state index in [0.29, 0.717) is 0 Å². The molecule has 0 radical (unpaired) electrons. The van der Waals surface area contributed by atoms with Gasteiger partial charge in [-0.05, 0) is 98.2 Å². The minimum atomic E-state index is 0.901. The number of para-hydroxylation sites is 2. The minimum Gasteiger partial charge on any atom is -0.455 e. The number of anilines is 3. The first-order valence-corrected chi connectivity index (χ1v) is 18.4. The molecule has 9 aromatic carbocycles. The highest BCUT2D eigenvalue weighted by molar-refractivity contribution is 6.09. The fourth-order valence-electron chi connectivity index (χ4n) is 7.72. The van der Waals surface area contributed by atoms with E-state index in [1.165, 1.54) is 44.2 Å². The first-order chi connectivity index (χ1) is 26.7. The summed E-state index contributed by atoms with van der Waals surface area (Å²) in [5.41, 5.74) is 14.4. The summed E-state index contributed by atoms with van der Waals surface area (Å²) in [6.07, 6.45) is 0. The Morgan fingerprint density at radius 3 is 1.57 bits per heavy atom. The zero-order chi connectivity index (χ0) is 35.8. The Hall–Kier alpha value is -7.16. The van der Waals surface area contributed by atoms with Gasteiger partial charge >= 0.3 is 0 Å². The van der Waals surface area contributed by atoms with Crippen molar-refractivity contribution in [3.63, 3.8) is 0 Å². The normalized spacial score (nSPS) is 11.3. The highest BCUT2D eigenvalue weighted by Gasteiger charge is 2.17. The van der Waals surface area contributed by atoms with Gasteiger partial charge in [0.25, 0.3) is 0 Å². The lowest BCUT2D eigenvalue weighted by Crippen LogP contribution is -2.10. The van der Waals surface area contributed by atoms with Gasteiger partial charge in [0.1, 0.15) is 11.2 Å². The predicted octanol–water partition coefficient (Wildman–Crippen LogP) is 14.9. The average Bonchev–Trinajstić information content (AvgIpc) is 3.64. The maximum absolute atomic E-state index is 6.48. The van der Waals surface area contributed by atoms with E-state index >= 15 is 0 Å². The topological polar surface area (TPSA) is 16.4 Å². The van der Waals surface area contributed by atoms with Crippen LogP contribution in [0.5, 0.6) is 0 Å². The molecule has 0 fully saturated rings. The van der Waals surface area contributed by atoms with Gasteiger partial charge in [0, 0.05) is 33.4 Å². The summed E-state index contributed by atoms with van der Waals surface area (Å²) in [7, 11) is 0. The molecule has 0 amide bonds. The highest BCUT2D eigenvalue weighted by Crippen LogP contribution is 2.41. The van der Waals surface area contributed by atoms with Crippen LogP contribution in [0.15, 0.2) is 217 Å². The van der Waals surface area contributed by atoms with Crippen LogP contribution < -0.4 is 4.90 Å². The maximum Gasteiger partial charge on any atom is 0.143 e. The molecule has 0 bridgehead atoms. The lowest BCUT2D eigenvalue weighted by atomic mass is 9.99. The van der Waals surface area contributed by atoms with E-state index in [9.17, 15) is 0 Å². The van der Waals surface area contributed by atoms with Crippen LogP contribution in [0.25, 0.3) is 77.2 Å². The zero-order valence-electron chi connectivity index (χ0n) is 29.6. The predicted molar refractivity (Wildman–Crippen MR) is 228 cm³/mol. The van der Waals surface area contributed by atoms with Crippen LogP contribution in [-0.2, 0) is 0 Å². The van der Waals surface area contributed by atoms with E-state index < -0.39 is 0 Å². The molecule has 0 saturated carbocycles. The Morgan fingerprint density at radius 2 is 0.815 bits per heavy atom. The third-order valence-corrected chi connectivity index (χ3v) is 10.5. The second kappa shape index (κ2) is 13.4. The Balaban J connectivity index is 1.07. The van der Waals surface area contributed by atoms with E-state index in [2.05, 4.69) is 205 Å². The number of nitrogens with zero attached hydrogens (tertiary/aromatic N) is 1. The highest BCUT2D eigenvalue weighted by atomic mass is 16.3. The summed E-state index contributed by atoms with van der Waals surface area (Å²) in [5.74, 6) is 0. The summed E-state index contributed by atoms with van der Waals surface area (Å²) in [6, 6.07) is 75.9. The molecule has 54 heavy (non-hydrogen) atoms. The molecule has 0 N–H and O–H groups in total. The van der Waals surface area contributed by atoms with E-state index in [0.717, 1.165) is 50.1 Å². The average molecular weight is 690 g/mol. The van der Waals surface area contributed by atoms with Crippen molar-refractivity contribution in [1.82, 2.24) is 0 Å². The van der Waals surface area contributed by atoms with Gasteiger partial charge in [-0.1, -0.05) is 164 Å². The first kappa shape index (κ1) is 31.6. The van der Waals surface area contributed by atoms with Crippen LogP contribution >= 0.6 is 0 Å². The standard InChI is InChI=1S/C52H35NO/c1-2-11-36(12-3-1)38-23-25-39(26-24-38)40-29-31-45(32-30-40)53(46-17-8-15-42(34-46)43-28-27-37-13-4-5-14-41(37)33-43)47-18-9-16-44(35-47)48-20-10-21-50-49-19-6-7-22-51(49)54-52(48)50/h1-35H. The summed E-state index contributed by atoms with van der Waals surface area (Å²) < 4.78 is 6.48. The maximum atomic E-state index is 6.48. The van der Waals surface area contributed by atoms with Gasteiger partial charge in [-0.15, -0.1) is 0 Å². The fourth-order valence-corrected chi connectivity index (χ4v) is 7.72. The van der Waals surface area contributed by atoms with Crippen molar-refractivity contribution in [2.45, 2.75) is 0 Å². The van der Waals surface area contributed by atoms with Gasteiger partial charge in [-0.3, -0.25) is 0 Å². The SMILES string of the molecule is c1ccc(-c2ccc(-c3ccc(N(c4cccc(-c5ccc6ccccc6c5)c4)c4cccc(-c5cccc6c5oc5ccccc56)c4)cc3)cc2)cc1. The van der Waals surface area contributed by atoms with E-state index in [1.807, 2.05) is 12.1 Å². The summed E-state index contributed by atoms with van der Waals surface area (Å²) in [4.78, 5) is 2.36. The van der Waals surface area contributed by atoms with Crippen LogP contribution in [-0.4, -0.2) is 0 Å². The molecule has 1 aromatic heterocycles. The number of rotatable bonds is 7. The summed E-state index contributed by atoms with van der Waals surface area (Å²) in [6.45, 7) is 0. The van der Waals surface area contributed by atoms with Crippen LogP contribution in [0.4, 0.5) is 17.1 Å². The third-order valence-electron chi connectivity index (χ3n) is 10.5. The molecule has 2 heteroatoms. The Kier molecular flexibility index (Phi) is 7.85. The molecule has 2 nitrogen and oxygen atoms in total. The van der Waals surface area contributed by atoms with Gasteiger partial charge in [0.2, 0.25) is 0 Å². The molecule has 254 valence electrons. The van der Waals surface area contributed by atoms with Gasteiger partial charge in [0.05, 0.1) is 0 Å². The van der Waals surface area contributed by atoms with Crippen molar-refractivity contribution >= 4 is 49.8 Å². The third kappa shape index (κ3) is 5.81. The van der Waals surface area contributed by atoms with Crippen LogP contribution in [0, 0.1) is 0 Å². The fraction of sp³-hybridized carbons (Fsp3) is 0. The second-order valence-electron chi connectivity index (χ2n) is 13.8. The number of furan rings is 1. The first-order valence-electron chi connectivity index (χ1n) is 18.4. The van der Waals surface area contributed by atoms with Crippen molar-refractivity contribution < 1.29 is 4.42 Å². The van der Waals surface area contributed by atoms with E-state index in [4.69, 9.17) is 4.42 Å². The molecule has 10 rings (SSSR count). The molecule has 0 saturated heterocycles. The van der Waals surface area contributed by atoms with Gasteiger partial charge in [-0.2, -0.15) is 0 Å². The molecule has 0 aliphatic carbocycles. The molecule has 0 atom stereocenters. The Morgan fingerprint density at radius 1 is 0.296 bits per heavy atom. The molecule has 0 unspecified atom stereocenters. The van der Waals surface area contributed by atoms with Gasteiger partial charge < -0.3 is 9.32 Å². The lowest BCUT2D eigenvalue weighted by molar-refractivity contribution is 0.670. The minimum absolute atomic E-state index is 0.901. The van der Waals surface area contributed by atoms with Crippen molar-refractivity contribution in [2.24, 2.45) is 0 Å². The molecule has 0 aliphatic rings. The quantitative estimate of drug-likeness (QED) is 0.166. The van der Waals surface area contributed by atoms with Crippen LogP contribution in [0.1, 0.15) is 0 Å². The van der Waals surface area contributed by atoms with Crippen molar-refractivity contribution in [3.8, 4) is 44.5 Å². The van der Waals surface area contributed by atoms with Crippen molar-refractivity contribution in [2.75, 3.05) is 4.90 Å².